The van der Waals surface area contributed by atoms with Gasteiger partial charge in [0.1, 0.15) is 0 Å². The number of rotatable bonds is 0. The van der Waals surface area contributed by atoms with Crippen LogP contribution in [0.5, 0.6) is 0 Å². The summed E-state index contributed by atoms with van der Waals surface area (Å²) in [4.78, 5) is 0. The van der Waals surface area contributed by atoms with Gasteiger partial charge in [0.05, 0.1) is 5.60 Å². The molecule has 0 aromatic carbocycles. The molecule has 1 nitrogen and oxygen atoms in total. The van der Waals surface area contributed by atoms with Crippen LogP contribution < -0.4 is 0 Å². The van der Waals surface area contributed by atoms with Crippen molar-refractivity contribution in [3.8, 4) is 0 Å². The van der Waals surface area contributed by atoms with Crippen molar-refractivity contribution >= 4 is 58.2 Å². The predicted molar refractivity (Wildman–Crippen MR) is 29.1 cm³/mol. The Morgan fingerprint density at radius 1 is 1.17 bits per heavy atom. The molecule has 0 bridgehead atoms. The van der Waals surface area contributed by atoms with Crippen molar-refractivity contribution in [2.45, 2.75) is 26.4 Å². The summed E-state index contributed by atoms with van der Waals surface area (Å²) in [6, 6.07) is 0. The topological polar surface area (TPSA) is 20.2 Å². The second kappa shape index (κ2) is 3.73. The van der Waals surface area contributed by atoms with Gasteiger partial charge >= 0.3 is 58.2 Å². The van der Waals surface area contributed by atoms with Crippen LogP contribution in [0.4, 0.5) is 0 Å². The van der Waals surface area contributed by atoms with E-state index in [1.54, 1.807) is 20.8 Å². The standard InChI is InChI=1S/C4H10O.Rb.H/c1-4(2,3)5;;/h5H,1-3H3;;. The number of hydrogen-bond donors (Lipinski definition) is 1. The van der Waals surface area contributed by atoms with Crippen molar-refractivity contribution in [3.05, 3.63) is 0 Å². The molecule has 0 heterocycles. The van der Waals surface area contributed by atoms with Gasteiger partial charge in [-0.3, -0.25) is 0 Å². The predicted octanol–water partition coefficient (Wildman–Crippen LogP) is 0.129. The third-order valence-electron chi connectivity index (χ3n) is 0. The molecule has 0 rings (SSSR count). The van der Waals surface area contributed by atoms with Crippen LogP contribution >= 0.6 is 0 Å². The maximum absolute atomic E-state index is 8.52. The first-order chi connectivity index (χ1) is 2.00. The fraction of sp³-hybridized carbons (Fsp3) is 1.00. The summed E-state index contributed by atoms with van der Waals surface area (Å²) >= 11 is 0. The molecule has 6 heavy (non-hydrogen) atoms. The minimum absolute atomic E-state index is 0. The van der Waals surface area contributed by atoms with E-state index in [0.29, 0.717) is 0 Å². The summed E-state index contributed by atoms with van der Waals surface area (Å²) in [5, 5.41) is 8.52. The van der Waals surface area contributed by atoms with Crippen LogP contribution in [0.25, 0.3) is 0 Å². The van der Waals surface area contributed by atoms with E-state index in [1.165, 1.54) is 0 Å². The van der Waals surface area contributed by atoms with Crippen LogP contribution in [-0.2, 0) is 0 Å². The van der Waals surface area contributed by atoms with Crippen molar-refractivity contribution in [1.82, 2.24) is 0 Å². The fourth-order valence-corrected chi connectivity index (χ4v) is 0. The minimum atomic E-state index is -0.500. The molecule has 0 unspecified atom stereocenters. The Morgan fingerprint density at radius 2 is 1.17 bits per heavy atom. The SMILES string of the molecule is CC(C)(C)O.[RbH]. The third-order valence-corrected chi connectivity index (χ3v) is 0. The zero-order valence-electron chi connectivity index (χ0n) is 3.95. The van der Waals surface area contributed by atoms with E-state index in [-0.39, 0.29) is 58.2 Å². The van der Waals surface area contributed by atoms with Crippen molar-refractivity contribution in [3.63, 3.8) is 0 Å². The third kappa shape index (κ3) is 42.0. The van der Waals surface area contributed by atoms with E-state index in [2.05, 4.69) is 0 Å². The number of hydrogen-bond acceptors (Lipinski definition) is 1. The summed E-state index contributed by atoms with van der Waals surface area (Å²) in [5.74, 6) is 0. The van der Waals surface area contributed by atoms with Crippen LogP contribution in [0.2, 0.25) is 0 Å². The van der Waals surface area contributed by atoms with Gasteiger partial charge in [0.15, 0.2) is 0 Å². The molecule has 0 saturated heterocycles. The fourth-order valence-electron chi connectivity index (χ4n) is 0. The molecule has 0 saturated carbocycles. The van der Waals surface area contributed by atoms with E-state index in [0.717, 1.165) is 0 Å². The second-order valence-corrected chi connectivity index (χ2v) is 2.17. The molecule has 0 aliphatic heterocycles. The van der Waals surface area contributed by atoms with Gasteiger partial charge in [-0.25, -0.2) is 0 Å². The molecule has 0 spiro atoms. The molecule has 1 N–H and O–H groups in total. The van der Waals surface area contributed by atoms with Crippen molar-refractivity contribution in [2.75, 3.05) is 0 Å². The summed E-state index contributed by atoms with van der Waals surface area (Å²) in [7, 11) is 0. The first-order valence-electron chi connectivity index (χ1n) is 1.72. The molecular formula is C4H11ORb. The van der Waals surface area contributed by atoms with Gasteiger partial charge in [-0.2, -0.15) is 0 Å². The molecule has 0 aromatic heterocycles. The molecular weight excluding hydrogens is 150 g/mol. The van der Waals surface area contributed by atoms with Crippen LogP contribution in [0.3, 0.4) is 0 Å². The van der Waals surface area contributed by atoms with Gasteiger partial charge in [-0.1, -0.05) is 0 Å². The average molecular weight is 161 g/mol. The molecule has 0 amide bonds. The van der Waals surface area contributed by atoms with E-state index in [4.69, 9.17) is 5.11 Å². The Hall–Kier alpha value is 1.77. The number of aliphatic hydroxyl groups is 1. The summed E-state index contributed by atoms with van der Waals surface area (Å²) < 4.78 is 0. The van der Waals surface area contributed by atoms with Crippen LogP contribution in [0, 0.1) is 0 Å². The second-order valence-electron chi connectivity index (χ2n) is 2.17. The Balaban J connectivity index is 0. The summed E-state index contributed by atoms with van der Waals surface area (Å²) in [5.41, 5.74) is -0.500. The van der Waals surface area contributed by atoms with Gasteiger partial charge in [0, 0.05) is 0 Å². The van der Waals surface area contributed by atoms with Crippen LogP contribution in [0.15, 0.2) is 0 Å². The van der Waals surface area contributed by atoms with Gasteiger partial charge in [0.25, 0.3) is 0 Å². The first-order valence-corrected chi connectivity index (χ1v) is 1.72. The molecule has 2 heteroatoms. The monoisotopic (exact) mass is 160 g/mol. The normalized spacial score (nSPS) is 10.0. The summed E-state index contributed by atoms with van der Waals surface area (Å²) in [6.07, 6.45) is 0. The molecule has 0 atom stereocenters. The Morgan fingerprint density at radius 3 is 1.17 bits per heavy atom. The Bertz CT molecular complexity index is 23.0. The van der Waals surface area contributed by atoms with Crippen LogP contribution in [-0.4, -0.2) is 68.9 Å². The zero-order chi connectivity index (χ0) is 4.50. The van der Waals surface area contributed by atoms with Crippen molar-refractivity contribution in [2.24, 2.45) is 0 Å². The van der Waals surface area contributed by atoms with Crippen LogP contribution in [0.1, 0.15) is 20.8 Å². The van der Waals surface area contributed by atoms with Crippen molar-refractivity contribution in [1.29, 1.82) is 0 Å². The molecule has 0 radical (unpaired) electrons. The van der Waals surface area contributed by atoms with Gasteiger partial charge < -0.3 is 5.11 Å². The molecule has 0 aromatic rings. The van der Waals surface area contributed by atoms with E-state index < -0.39 is 5.60 Å². The van der Waals surface area contributed by atoms with Gasteiger partial charge in [0.2, 0.25) is 0 Å². The molecule has 34 valence electrons. The zero-order valence-corrected chi connectivity index (χ0v) is 3.95. The first kappa shape index (κ1) is 10.7. The Labute approximate surface area is 87.9 Å². The molecule has 0 aliphatic rings. The van der Waals surface area contributed by atoms with Crippen molar-refractivity contribution < 1.29 is 5.11 Å². The van der Waals surface area contributed by atoms with Gasteiger partial charge in [-0.05, 0) is 20.8 Å². The Kier molecular flexibility index (Phi) is 6.65. The quantitative estimate of drug-likeness (QED) is 0.534. The van der Waals surface area contributed by atoms with E-state index >= 15 is 0 Å². The molecule has 0 aliphatic carbocycles. The summed E-state index contributed by atoms with van der Waals surface area (Å²) in [6.45, 7) is 5.23. The average Bonchev–Trinajstić information content (AvgIpc) is 0.722. The van der Waals surface area contributed by atoms with Gasteiger partial charge in [-0.15, -0.1) is 0 Å². The maximum atomic E-state index is 8.52. The van der Waals surface area contributed by atoms with E-state index in [1.807, 2.05) is 0 Å². The van der Waals surface area contributed by atoms with E-state index in [9.17, 15) is 0 Å². The molecule has 0 fully saturated rings.